The molecule has 1 amide bonds. The number of hydrogen-bond acceptors (Lipinski definition) is 6. The summed E-state index contributed by atoms with van der Waals surface area (Å²) in [5, 5.41) is 0. The summed E-state index contributed by atoms with van der Waals surface area (Å²) in [5.41, 5.74) is -0.529. The smallest absolute Gasteiger partial charge is 0.416 e. The Bertz CT molecular complexity index is 1170. The molecule has 0 unspecified atom stereocenters. The van der Waals surface area contributed by atoms with Gasteiger partial charge in [-0.25, -0.2) is 8.42 Å². The molecule has 1 atom stereocenters. The molecule has 4 rings (SSSR count). The Hall–Kier alpha value is -2.11. The first-order valence-corrected chi connectivity index (χ1v) is 11.8. The average molecular weight is 474 g/mol. The number of sulfone groups is 1. The molecule has 0 aliphatic carbocycles. The van der Waals surface area contributed by atoms with Gasteiger partial charge in [0.25, 0.3) is 5.91 Å². The predicted molar refractivity (Wildman–Crippen MR) is 111 cm³/mol. The Balaban J connectivity index is 1.56. The standard InChI is InChI=1S/C19H14F3NO4S3/c20-19(21,22)12-3-1-2-11(8-12)15-5-4-14(27-15)9-16-17(24)23(18(28)29-16)13-6-7-30(25,26)10-13/h1-5,8-9,13H,6-7,10H2/b16-9+/t13-/m1/s1. The molecule has 0 radical (unpaired) electrons. The van der Waals surface area contributed by atoms with Crippen LogP contribution in [0.4, 0.5) is 13.2 Å². The fourth-order valence-electron chi connectivity index (χ4n) is 3.34. The molecule has 1 aromatic heterocycles. The number of hydrogen-bond donors (Lipinski definition) is 0. The minimum atomic E-state index is -4.47. The summed E-state index contributed by atoms with van der Waals surface area (Å²) in [4.78, 5) is 14.3. The van der Waals surface area contributed by atoms with Crippen LogP contribution in [0.1, 0.15) is 17.7 Å². The van der Waals surface area contributed by atoms with Crippen molar-refractivity contribution in [1.82, 2.24) is 4.90 Å². The number of carbonyl (C=O) groups excluding carboxylic acids is 1. The van der Waals surface area contributed by atoms with Gasteiger partial charge in [-0.3, -0.25) is 9.69 Å². The summed E-state index contributed by atoms with van der Waals surface area (Å²) in [6.45, 7) is 0. The van der Waals surface area contributed by atoms with Crippen molar-refractivity contribution in [3.05, 3.63) is 52.6 Å². The number of rotatable bonds is 3. The first-order valence-electron chi connectivity index (χ1n) is 8.78. The zero-order chi connectivity index (χ0) is 21.7. The molecular formula is C19H14F3NO4S3. The van der Waals surface area contributed by atoms with Crippen LogP contribution in [0.3, 0.4) is 0 Å². The van der Waals surface area contributed by atoms with Gasteiger partial charge in [0, 0.05) is 11.6 Å². The summed E-state index contributed by atoms with van der Waals surface area (Å²) in [6.07, 6.45) is -2.67. The molecule has 1 aromatic carbocycles. The second-order valence-electron chi connectivity index (χ2n) is 6.89. The molecular weight excluding hydrogens is 459 g/mol. The van der Waals surface area contributed by atoms with Crippen LogP contribution in [0.5, 0.6) is 0 Å². The van der Waals surface area contributed by atoms with Gasteiger partial charge in [0.15, 0.2) is 9.84 Å². The highest BCUT2D eigenvalue weighted by Gasteiger charge is 2.42. The maximum Gasteiger partial charge on any atom is 0.416 e. The number of thiocarbonyl (C=S) groups is 1. The van der Waals surface area contributed by atoms with Gasteiger partial charge >= 0.3 is 6.18 Å². The minimum absolute atomic E-state index is 0.0201. The van der Waals surface area contributed by atoms with Gasteiger partial charge in [-0.1, -0.05) is 36.1 Å². The fourth-order valence-corrected chi connectivity index (χ4v) is 6.42. The summed E-state index contributed by atoms with van der Waals surface area (Å²) in [7, 11) is -3.18. The highest BCUT2D eigenvalue weighted by molar-refractivity contribution is 8.26. The van der Waals surface area contributed by atoms with Gasteiger partial charge in [-0.15, -0.1) is 0 Å². The number of benzene rings is 1. The summed E-state index contributed by atoms with van der Waals surface area (Å²) in [5.74, 6) is 0.00947. The molecule has 0 bridgehead atoms. The SMILES string of the molecule is O=C1/C(=C\c2ccc(-c3cccc(C(F)(F)F)c3)o2)SC(=S)N1[C@@H]1CCS(=O)(=O)C1. The summed E-state index contributed by atoms with van der Waals surface area (Å²) in [6, 6.07) is 7.34. The molecule has 2 aliphatic rings. The van der Waals surface area contributed by atoms with Crippen molar-refractivity contribution < 1.29 is 30.8 Å². The van der Waals surface area contributed by atoms with E-state index in [9.17, 15) is 26.4 Å². The Morgan fingerprint density at radius 1 is 1.23 bits per heavy atom. The van der Waals surface area contributed by atoms with Crippen molar-refractivity contribution in [2.45, 2.75) is 18.6 Å². The maximum atomic E-state index is 12.9. The highest BCUT2D eigenvalue weighted by atomic mass is 32.2. The van der Waals surface area contributed by atoms with Crippen molar-refractivity contribution in [2.75, 3.05) is 11.5 Å². The van der Waals surface area contributed by atoms with Crippen molar-refractivity contribution in [1.29, 1.82) is 0 Å². The Kier molecular flexibility index (Phi) is 5.31. The molecule has 11 heteroatoms. The topological polar surface area (TPSA) is 67.6 Å². The van der Waals surface area contributed by atoms with E-state index in [1.54, 1.807) is 6.07 Å². The van der Waals surface area contributed by atoms with Gasteiger partial charge < -0.3 is 4.42 Å². The van der Waals surface area contributed by atoms with Gasteiger partial charge in [0.2, 0.25) is 0 Å². The van der Waals surface area contributed by atoms with Crippen LogP contribution in [-0.2, 0) is 20.8 Å². The van der Waals surface area contributed by atoms with Gasteiger partial charge in [-0.05, 0) is 30.7 Å². The molecule has 158 valence electrons. The molecule has 3 heterocycles. The zero-order valence-corrected chi connectivity index (χ0v) is 17.6. The molecule has 30 heavy (non-hydrogen) atoms. The highest BCUT2D eigenvalue weighted by Crippen LogP contribution is 2.37. The Morgan fingerprint density at radius 2 is 2.00 bits per heavy atom. The number of halogens is 3. The maximum absolute atomic E-state index is 12.9. The Labute approximate surface area is 179 Å². The van der Waals surface area contributed by atoms with E-state index in [2.05, 4.69) is 0 Å². The molecule has 0 spiro atoms. The molecule has 2 saturated heterocycles. The molecule has 5 nitrogen and oxygen atoms in total. The van der Waals surface area contributed by atoms with Crippen LogP contribution in [0.25, 0.3) is 17.4 Å². The van der Waals surface area contributed by atoms with Crippen LogP contribution in [0.15, 0.2) is 45.7 Å². The van der Waals surface area contributed by atoms with E-state index in [1.807, 2.05) is 0 Å². The number of nitrogens with zero attached hydrogens (tertiary/aromatic N) is 1. The second kappa shape index (κ2) is 7.54. The average Bonchev–Trinajstić information content (AvgIpc) is 3.33. The normalized spacial score (nSPS) is 23.0. The van der Waals surface area contributed by atoms with E-state index in [4.69, 9.17) is 16.6 Å². The van der Waals surface area contributed by atoms with E-state index in [1.165, 1.54) is 29.2 Å². The number of carbonyl (C=O) groups is 1. The lowest BCUT2D eigenvalue weighted by Gasteiger charge is -2.20. The van der Waals surface area contributed by atoms with E-state index >= 15 is 0 Å². The molecule has 0 N–H and O–H groups in total. The largest absolute Gasteiger partial charge is 0.457 e. The third kappa shape index (κ3) is 4.19. The van der Waals surface area contributed by atoms with Crippen LogP contribution in [0.2, 0.25) is 0 Å². The lowest BCUT2D eigenvalue weighted by atomic mass is 10.1. The van der Waals surface area contributed by atoms with E-state index in [0.717, 1.165) is 23.9 Å². The predicted octanol–water partition coefficient (Wildman–Crippen LogP) is 4.35. The Morgan fingerprint density at radius 3 is 2.67 bits per heavy atom. The third-order valence-electron chi connectivity index (χ3n) is 4.77. The number of thioether (sulfide) groups is 1. The number of amides is 1. The van der Waals surface area contributed by atoms with Gasteiger partial charge in [0.1, 0.15) is 15.8 Å². The third-order valence-corrected chi connectivity index (χ3v) is 7.85. The molecule has 2 aromatic rings. The molecule has 2 fully saturated rings. The lowest BCUT2D eigenvalue weighted by molar-refractivity contribution is -0.137. The van der Waals surface area contributed by atoms with Crippen molar-refractivity contribution in [3.8, 4) is 11.3 Å². The first kappa shape index (κ1) is 21.1. The zero-order valence-electron chi connectivity index (χ0n) is 15.2. The first-order chi connectivity index (χ1) is 14.0. The van der Waals surface area contributed by atoms with Gasteiger partial charge in [0.05, 0.1) is 28.0 Å². The number of furan rings is 1. The summed E-state index contributed by atoms with van der Waals surface area (Å²) < 4.78 is 68.1. The van der Waals surface area contributed by atoms with Crippen LogP contribution in [0, 0.1) is 0 Å². The molecule has 0 saturated carbocycles. The number of alkyl halides is 3. The quantitative estimate of drug-likeness (QED) is 0.488. The lowest BCUT2D eigenvalue weighted by Crippen LogP contribution is -2.39. The van der Waals surface area contributed by atoms with E-state index in [-0.39, 0.29) is 37.8 Å². The van der Waals surface area contributed by atoms with Crippen molar-refractivity contribution in [3.63, 3.8) is 0 Å². The molecule has 2 aliphatic heterocycles. The van der Waals surface area contributed by atoms with Crippen molar-refractivity contribution in [2.24, 2.45) is 0 Å². The van der Waals surface area contributed by atoms with Crippen molar-refractivity contribution >= 4 is 50.1 Å². The van der Waals surface area contributed by atoms with Crippen LogP contribution in [-0.4, -0.2) is 41.1 Å². The van der Waals surface area contributed by atoms with E-state index in [0.29, 0.717) is 6.42 Å². The van der Waals surface area contributed by atoms with Crippen LogP contribution >= 0.6 is 24.0 Å². The minimum Gasteiger partial charge on any atom is -0.457 e. The van der Waals surface area contributed by atoms with E-state index < -0.39 is 33.5 Å². The monoisotopic (exact) mass is 473 g/mol. The van der Waals surface area contributed by atoms with Crippen LogP contribution < -0.4 is 0 Å². The second-order valence-corrected chi connectivity index (χ2v) is 10.8. The fraction of sp³-hybridized carbons (Fsp3) is 0.263. The summed E-state index contributed by atoms with van der Waals surface area (Å²) >= 11 is 6.29. The van der Waals surface area contributed by atoms with Gasteiger partial charge in [-0.2, -0.15) is 13.2 Å².